The molecule has 1 heterocycles. The molecule has 0 spiro atoms. The van der Waals surface area contributed by atoms with Gasteiger partial charge in [-0.15, -0.1) is 0 Å². The number of pyridine rings is 1. The van der Waals surface area contributed by atoms with Crippen molar-refractivity contribution in [1.29, 1.82) is 5.26 Å². The van der Waals surface area contributed by atoms with Crippen molar-refractivity contribution >= 4 is 11.5 Å². The third-order valence-corrected chi connectivity index (χ3v) is 3.67. The largest absolute Gasteiger partial charge is 0.396 e. The normalized spacial score (nSPS) is 22.0. The number of nitro groups is 1. The Hall–Kier alpha value is -2.20. The second-order valence-corrected chi connectivity index (χ2v) is 4.94. The fraction of sp³-hybridized carbons (Fsp3) is 0.538. The maximum absolute atomic E-state index is 10.7. The molecular formula is C13H16N4O3. The Morgan fingerprint density at radius 1 is 1.55 bits per heavy atom. The molecule has 7 heteroatoms. The van der Waals surface area contributed by atoms with Crippen molar-refractivity contribution < 1.29 is 10.0 Å². The lowest BCUT2D eigenvalue weighted by Crippen LogP contribution is -2.34. The smallest absolute Gasteiger partial charge is 0.289 e. The van der Waals surface area contributed by atoms with Gasteiger partial charge in [-0.25, -0.2) is 4.98 Å². The van der Waals surface area contributed by atoms with Crippen molar-refractivity contribution in [3.05, 3.63) is 27.9 Å². The minimum Gasteiger partial charge on any atom is -0.396 e. The molecule has 2 N–H and O–H groups in total. The predicted octanol–water partition coefficient (Wildman–Crippen LogP) is 1.82. The van der Waals surface area contributed by atoms with Crippen LogP contribution in [0.15, 0.2) is 12.3 Å². The molecule has 0 aromatic carbocycles. The fourth-order valence-electron chi connectivity index (χ4n) is 2.55. The van der Waals surface area contributed by atoms with Gasteiger partial charge in [0, 0.05) is 24.6 Å². The molecule has 0 amide bonds. The summed E-state index contributed by atoms with van der Waals surface area (Å²) in [7, 11) is 0. The van der Waals surface area contributed by atoms with E-state index in [0.717, 1.165) is 31.9 Å². The van der Waals surface area contributed by atoms with Gasteiger partial charge in [-0.05, 0) is 12.8 Å². The molecular weight excluding hydrogens is 260 g/mol. The molecule has 2 atom stereocenters. The first-order valence-electron chi connectivity index (χ1n) is 6.57. The molecule has 1 aromatic heterocycles. The highest BCUT2D eigenvalue weighted by Crippen LogP contribution is 2.28. The topological polar surface area (TPSA) is 112 Å². The second kappa shape index (κ2) is 6.30. The average Bonchev–Trinajstić information content (AvgIpc) is 2.48. The van der Waals surface area contributed by atoms with Crippen molar-refractivity contribution in [2.45, 2.75) is 31.7 Å². The van der Waals surface area contributed by atoms with Gasteiger partial charge < -0.3 is 10.4 Å². The van der Waals surface area contributed by atoms with E-state index in [-0.39, 0.29) is 29.8 Å². The summed E-state index contributed by atoms with van der Waals surface area (Å²) in [4.78, 5) is 14.1. The number of rotatable bonds is 4. The van der Waals surface area contributed by atoms with Gasteiger partial charge in [0.2, 0.25) is 0 Å². The first-order valence-corrected chi connectivity index (χ1v) is 6.57. The number of nitrogens with one attached hydrogen (secondary N) is 1. The molecule has 0 bridgehead atoms. The molecule has 1 fully saturated rings. The van der Waals surface area contributed by atoms with Crippen LogP contribution in [0.5, 0.6) is 0 Å². The van der Waals surface area contributed by atoms with Gasteiger partial charge in [0.25, 0.3) is 5.69 Å². The molecule has 106 valence electrons. The standard InChI is InChI=1S/C13H16N4O3/c14-6-10-5-11(17(19)20)7-15-13(10)16-12-4-2-1-3-9(12)8-18/h5,7,9,12,18H,1-4,8H2,(H,15,16). The zero-order chi connectivity index (χ0) is 14.5. The van der Waals surface area contributed by atoms with Gasteiger partial charge in [-0.2, -0.15) is 5.26 Å². The monoisotopic (exact) mass is 276 g/mol. The lowest BCUT2D eigenvalue weighted by Gasteiger charge is -2.31. The average molecular weight is 276 g/mol. The summed E-state index contributed by atoms with van der Waals surface area (Å²) in [6.07, 6.45) is 5.11. The van der Waals surface area contributed by atoms with E-state index in [1.165, 1.54) is 6.07 Å². The van der Waals surface area contributed by atoms with E-state index >= 15 is 0 Å². The lowest BCUT2D eigenvalue weighted by atomic mass is 9.85. The molecule has 0 radical (unpaired) electrons. The summed E-state index contributed by atoms with van der Waals surface area (Å²) in [5.74, 6) is 0.482. The molecule has 1 aliphatic rings. The molecule has 0 saturated heterocycles. The van der Waals surface area contributed by atoms with Crippen LogP contribution in [-0.4, -0.2) is 27.7 Å². The summed E-state index contributed by atoms with van der Waals surface area (Å²) in [6.45, 7) is 0.0898. The Labute approximate surface area is 116 Å². The van der Waals surface area contributed by atoms with Crippen molar-refractivity contribution in [3.63, 3.8) is 0 Å². The summed E-state index contributed by atoms with van der Waals surface area (Å²) >= 11 is 0. The van der Waals surface area contributed by atoms with E-state index in [1.54, 1.807) is 0 Å². The highest BCUT2D eigenvalue weighted by atomic mass is 16.6. The molecule has 1 saturated carbocycles. The first kappa shape index (κ1) is 14.2. The molecule has 1 aliphatic carbocycles. The Bertz CT molecular complexity index is 541. The number of aromatic nitrogens is 1. The van der Waals surface area contributed by atoms with Crippen LogP contribution in [0, 0.1) is 27.4 Å². The number of anilines is 1. The van der Waals surface area contributed by atoms with Crippen LogP contribution < -0.4 is 5.32 Å². The highest BCUT2D eigenvalue weighted by Gasteiger charge is 2.25. The molecule has 7 nitrogen and oxygen atoms in total. The second-order valence-electron chi connectivity index (χ2n) is 4.94. The third-order valence-electron chi connectivity index (χ3n) is 3.67. The van der Waals surface area contributed by atoms with Crippen LogP contribution in [0.4, 0.5) is 11.5 Å². The zero-order valence-electron chi connectivity index (χ0n) is 11.0. The number of aliphatic hydroxyl groups excluding tert-OH is 1. The van der Waals surface area contributed by atoms with Crippen molar-refractivity contribution in [2.24, 2.45) is 5.92 Å². The minimum atomic E-state index is -0.575. The molecule has 2 rings (SSSR count). The number of hydrogen-bond acceptors (Lipinski definition) is 6. The lowest BCUT2D eigenvalue weighted by molar-refractivity contribution is -0.385. The molecule has 1 aromatic rings. The van der Waals surface area contributed by atoms with Crippen LogP contribution >= 0.6 is 0 Å². The van der Waals surface area contributed by atoms with E-state index in [4.69, 9.17) is 5.26 Å². The van der Waals surface area contributed by atoms with Crippen LogP contribution in [0.1, 0.15) is 31.2 Å². The van der Waals surface area contributed by atoms with E-state index in [2.05, 4.69) is 10.3 Å². The molecule has 20 heavy (non-hydrogen) atoms. The first-order chi connectivity index (χ1) is 9.65. The molecule has 0 aliphatic heterocycles. The number of aliphatic hydroxyl groups is 1. The van der Waals surface area contributed by atoms with Crippen LogP contribution in [0.3, 0.4) is 0 Å². The third kappa shape index (κ3) is 3.03. The van der Waals surface area contributed by atoms with E-state index < -0.39 is 4.92 Å². The minimum absolute atomic E-state index is 0.0507. The summed E-state index contributed by atoms with van der Waals surface area (Å²) in [5, 5.41) is 32.3. The van der Waals surface area contributed by atoms with Crippen molar-refractivity contribution in [2.75, 3.05) is 11.9 Å². The quantitative estimate of drug-likeness (QED) is 0.640. The Morgan fingerprint density at radius 3 is 2.95 bits per heavy atom. The van der Waals surface area contributed by atoms with E-state index in [9.17, 15) is 15.2 Å². The van der Waals surface area contributed by atoms with Crippen LogP contribution in [-0.2, 0) is 0 Å². The van der Waals surface area contributed by atoms with E-state index in [1.807, 2.05) is 6.07 Å². The predicted molar refractivity (Wildman–Crippen MR) is 72.1 cm³/mol. The summed E-state index contributed by atoms with van der Waals surface area (Å²) < 4.78 is 0. The van der Waals surface area contributed by atoms with Gasteiger partial charge in [-0.1, -0.05) is 12.8 Å². The van der Waals surface area contributed by atoms with Gasteiger partial charge in [0.15, 0.2) is 0 Å². The fourth-order valence-corrected chi connectivity index (χ4v) is 2.55. The zero-order valence-corrected chi connectivity index (χ0v) is 11.0. The summed E-state index contributed by atoms with van der Waals surface area (Å²) in [5.41, 5.74) is -0.0454. The van der Waals surface area contributed by atoms with Gasteiger partial charge in [-0.3, -0.25) is 10.1 Å². The Balaban J connectivity index is 2.20. The molecule has 2 unspecified atom stereocenters. The van der Waals surface area contributed by atoms with Crippen molar-refractivity contribution in [3.8, 4) is 6.07 Å². The van der Waals surface area contributed by atoms with Gasteiger partial charge >= 0.3 is 0 Å². The van der Waals surface area contributed by atoms with Gasteiger partial charge in [0.1, 0.15) is 23.6 Å². The van der Waals surface area contributed by atoms with Gasteiger partial charge in [0.05, 0.1) is 4.92 Å². The Morgan fingerprint density at radius 2 is 2.30 bits per heavy atom. The van der Waals surface area contributed by atoms with Crippen LogP contribution in [0.2, 0.25) is 0 Å². The number of hydrogen-bond donors (Lipinski definition) is 2. The van der Waals surface area contributed by atoms with E-state index in [0.29, 0.717) is 5.82 Å². The number of nitrogens with zero attached hydrogens (tertiary/aromatic N) is 3. The van der Waals surface area contributed by atoms with Crippen molar-refractivity contribution in [1.82, 2.24) is 4.98 Å². The SMILES string of the molecule is N#Cc1cc([N+](=O)[O-])cnc1NC1CCCCC1CO. The number of nitriles is 1. The maximum atomic E-state index is 10.7. The summed E-state index contributed by atoms with van der Waals surface area (Å²) in [6, 6.07) is 3.19. The maximum Gasteiger partial charge on any atom is 0.289 e. The highest BCUT2D eigenvalue weighted by molar-refractivity contribution is 5.56. The van der Waals surface area contributed by atoms with Crippen LogP contribution in [0.25, 0.3) is 0 Å². The Kier molecular flexibility index (Phi) is 4.48.